The molecule has 0 amide bonds. The molecular formula is C15H22N2O. The van der Waals surface area contributed by atoms with Crippen LogP contribution in [0.15, 0.2) is 18.7 Å². The van der Waals surface area contributed by atoms with E-state index in [4.69, 9.17) is 4.74 Å². The van der Waals surface area contributed by atoms with Gasteiger partial charge in [0.2, 0.25) is 0 Å². The Morgan fingerprint density at radius 2 is 2.06 bits per heavy atom. The molecule has 0 unspecified atom stereocenters. The zero-order chi connectivity index (χ0) is 13.1. The summed E-state index contributed by atoms with van der Waals surface area (Å²) in [6, 6.07) is 4.21. The number of nitrogens with zero attached hydrogens (tertiary/aromatic N) is 2. The lowest BCUT2D eigenvalue weighted by Gasteiger charge is -2.35. The van der Waals surface area contributed by atoms with E-state index < -0.39 is 0 Å². The van der Waals surface area contributed by atoms with Crippen LogP contribution in [0.25, 0.3) is 6.08 Å². The lowest BCUT2D eigenvalue weighted by molar-refractivity contribution is -0.0707. The first kappa shape index (κ1) is 13.2. The molecular weight excluding hydrogens is 224 g/mol. The van der Waals surface area contributed by atoms with Gasteiger partial charge in [0.05, 0.1) is 23.6 Å². The number of morpholine rings is 1. The molecule has 2 atom stereocenters. The summed E-state index contributed by atoms with van der Waals surface area (Å²) < 4.78 is 5.74. The molecule has 0 bridgehead atoms. The molecule has 0 aliphatic carbocycles. The van der Waals surface area contributed by atoms with Crippen molar-refractivity contribution >= 4 is 6.08 Å². The monoisotopic (exact) mass is 246 g/mol. The number of aromatic nitrogens is 1. The maximum atomic E-state index is 5.74. The summed E-state index contributed by atoms with van der Waals surface area (Å²) in [5, 5.41) is 0. The van der Waals surface area contributed by atoms with Crippen molar-refractivity contribution in [3.8, 4) is 0 Å². The van der Waals surface area contributed by atoms with Gasteiger partial charge in [-0.05, 0) is 44.5 Å². The Balaban J connectivity index is 2.08. The summed E-state index contributed by atoms with van der Waals surface area (Å²) in [5.74, 6) is 0. The van der Waals surface area contributed by atoms with E-state index in [9.17, 15) is 0 Å². The quantitative estimate of drug-likeness (QED) is 0.820. The molecule has 0 spiro atoms. The molecule has 1 aromatic heterocycles. The maximum absolute atomic E-state index is 5.74. The third-order valence-corrected chi connectivity index (χ3v) is 3.13. The first-order valence-electron chi connectivity index (χ1n) is 6.54. The zero-order valence-corrected chi connectivity index (χ0v) is 11.5. The standard InChI is InChI=1S/C15H22N2O/c1-5-14-6-11(2)7-15(16-14)10-17-8-12(3)18-13(4)9-17/h5-7,12-13H,1,8-10H2,2-4H3/t12-,13+. The molecule has 1 fully saturated rings. The normalized spacial score (nSPS) is 25.1. The lowest BCUT2D eigenvalue weighted by Crippen LogP contribution is -2.44. The van der Waals surface area contributed by atoms with Crippen LogP contribution in [0, 0.1) is 6.92 Å². The second-order valence-electron chi connectivity index (χ2n) is 5.22. The van der Waals surface area contributed by atoms with Crippen LogP contribution in [-0.4, -0.2) is 35.2 Å². The average Bonchev–Trinajstić information content (AvgIpc) is 2.26. The Labute approximate surface area is 109 Å². The van der Waals surface area contributed by atoms with Gasteiger partial charge in [-0.25, -0.2) is 0 Å². The number of aryl methyl sites for hydroxylation is 1. The van der Waals surface area contributed by atoms with Gasteiger partial charge in [-0.1, -0.05) is 6.58 Å². The van der Waals surface area contributed by atoms with Gasteiger partial charge >= 0.3 is 0 Å². The van der Waals surface area contributed by atoms with Crippen LogP contribution in [0.4, 0.5) is 0 Å². The third kappa shape index (κ3) is 3.40. The van der Waals surface area contributed by atoms with Gasteiger partial charge in [-0.2, -0.15) is 0 Å². The molecule has 0 saturated carbocycles. The Kier molecular flexibility index (Phi) is 4.15. The minimum atomic E-state index is 0.303. The topological polar surface area (TPSA) is 25.4 Å². The van der Waals surface area contributed by atoms with E-state index in [1.807, 2.05) is 0 Å². The molecule has 2 rings (SSSR count). The molecule has 0 aromatic carbocycles. The molecule has 18 heavy (non-hydrogen) atoms. The van der Waals surface area contributed by atoms with E-state index in [0.717, 1.165) is 31.0 Å². The van der Waals surface area contributed by atoms with Crippen molar-refractivity contribution in [2.75, 3.05) is 13.1 Å². The van der Waals surface area contributed by atoms with Crippen LogP contribution in [-0.2, 0) is 11.3 Å². The van der Waals surface area contributed by atoms with E-state index >= 15 is 0 Å². The van der Waals surface area contributed by atoms with Crippen molar-refractivity contribution in [3.05, 3.63) is 35.7 Å². The zero-order valence-electron chi connectivity index (χ0n) is 11.5. The van der Waals surface area contributed by atoms with E-state index in [1.165, 1.54) is 5.56 Å². The molecule has 0 N–H and O–H groups in total. The van der Waals surface area contributed by atoms with Crippen LogP contribution in [0.2, 0.25) is 0 Å². The highest BCUT2D eigenvalue weighted by atomic mass is 16.5. The van der Waals surface area contributed by atoms with Gasteiger partial charge in [-0.3, -0.25) is 9.88 Å². The van der Waals surface area contributed by atoms with Crippen LogP contribution in [0.3, 0.4) is 0 Å². The van der Waals surface area contributed by atoms with Crippen LogP contribution < -0.4 is 0 Å². The van der Waals surface area contributed by atoms with E-state index in [2.05, 4.69) is 49.4 Å². The lowest BCUT2D eigenvalue weighted by atomic mass is 10.1. The van der Waals surface area contributed by atoms with Crippen molar-refractivity contribution < 1.29 is 4.74 Å². The first-order valence-corrected chi connectivity index (χ1v) is 6.54. The van der Waals surface area contributed by atoms with Crippen LogP contribution in [0.1, 0.15) is 30.8 Å². The fraction of sp³-hybridized carbons (Fsp3) is 0.533. The Morgan fingerprint density at radius 3 is 2.67 bits per heavy atom. The fourth-order valence-corrected chi connectivity index (χ4v) is 2.60. The molecule has 1 aliphatic rings. The summed E-state index contributed by atoms with van der Waals surface area (Å²) in [5.41, 5.74) is 3.31. The van der Waals surface area contributed by atoms with Crippen molar-refractivity contribution in [2.45, 2.75) is 39.5 Å². The van der Waals surface area contributed by atoms with E-state index in [0.29, 0.717) is 12.2 Å². The molecule has 3 nitrogen and oxygen atoms in total. The van der Waals surface area contributed by atoms with Crippen molar-refractivity contribution in [2.24, 2.45) is 0 Å². The highest BCUT2D eigenvalue weighted by molar-refractivity contribution is 5.43. The minimum Gasteiger partial charge on any atom is -0.373 e. The van der Waals surface area contributed by atoms with Gasteiger partial charge in [0.15, 0.2) is 0 Å². The summed E-state index contributed by atoms with van der Waals surface area (Å²) >= 11 is 0. The fourth-order valence-electron chi connectivity index (χ4n) is 2.60. The minimum absolute atomic E-state index is 0.303. The third-order valence-electron chi connectivity index (χ3n) is 3.13. The largest absolute Gasteiger partial charge is 0.373 e. The number of ether oxygens (including phenoxy) is 1. The Morgan fingerprint density at radius 1 is 1.39 bits per heavy atom. The molecule has 2 heterocycles. The molecule has 0 radical (unpaired) electrons. The second-order valence-corrected chi connectivity index (χ2v) is 5.22. The van der Waals surface area contributed by atoms with E-state index in [1.54, 1.807) is 6.08 Å². The average molecular weight is 246 g/mol. The predicted octanol–water partition coefficient (Wildman–Crippen LogP) is 2.64. The summed E-state index contributed by atoms with van der Waals surface area (Å²) in [4.78, 5) is 7.01. The molecule has 98 valence electrons. The highest BCUT2D eigenvalue weighted by Crippen LogP contribution is 2.14. The first-order chi connectivity index (χ1) is 8.56. The summed E-state index contributed by atoms with van der Waals surface area (Å²) in [7, 11) is 0. The van der Waals surface area contributed by atoms with Crippen LogP contribution >= 0.6 is 0 Å². The predicted molar refractivity (Wildman–Crippen MR) is 74.4 cm³/mol. The molecule has 1 aromatic rings. The van der Waals surface area contributed by atoms with Gasteiger partial charge in [0.1, 0.15) is 0 Å². The van der Waals surface area contributed by atoms with Gasteiger partial charge in [0, 0.05) is 19.6 Å². The van der Waals surface area contributed by atoms with Gasteiger partial charge in [-0.15, -0.1) is 0 Å². The van der Waals surface area contributed by atoms with E-state index in [-0.39, 0.29) is 0 Å². The molecule has 3 heteroatoms. The molecule has 1 saturated heterocycles. The second kappa shape index (κ2) is 5.63. The molecule has 1 aliphatic heterocycles. The number of hydrogen-bond donors (Lipinski definition) is 0. The van der Waals surface area contributed by atoms with Crippen molar-refractivity contribution in [1.29, 1.82) is 0 Å². The SMILES string of the molecule is C=Cc1cc(C)cc(CN2C[C@@H](C)O[C@@H](C)C2)n1. The highest BCUT2D eigenvalue weighted by Gasteiger charge is 2.22. The number of pyridine rings is 1. The number of hydrogen-bond acceptors (Lipinski definition) is 3. The Bertz CT molecular complexity index is 421. The summed E-state index contributed by atoms with van der Waals surface area (Å²) in [6.07, 6.45) is 2.41. The Hall–Kier alpha value is -1.19. The maximum Gasteiger partial charge on any atom is 0.0678 e. The summed E-state index contributed by atoms with van der Waals surface area (Å²) in [6.45, 7) is 13.0. The number of rotatable bonds is 3. The van der Waals surface area contributed by atoms with Crippen molar-refractivity contribution in [3.63, 3.8) is 0 Å². The van der Waals surface area contributed by atoms with Crippen molar-refractivity contribution in [1.82, 2.24) is 9.88 Å². The smallest absolute Gasteiger partial charge is 0.0678 e. The van der Waals surface area contributed by atoms with Crippen LogP contribution in [0.5, 0.6) is 0 Å². The van der Waals surface area contributed by atoms with Gasteiger partial charge in [0.25, 0.3) is 0 Å². The van der Waals surface area contributed by atoms with Gasteiger partial charge < -0.3 is 4.74 Å².